The van der Waals surface area contributed by atoms with Gasteiger partial charge in [0.1, 0.15) is 5.02 Å². The van der Waals surface area contributed by atoms with Gasteiger partial charge in [0.25, 0.3) is 11.1 Å². The quantitative estimate of drug-likeness (QED) is 0.640. The summed E-state index contributed by atoms with van der Waals surface area (Å²) in [7, 11) is 2.97. The van der Waals surface area contributed by atoms with Crippen LogP contribution in [0.1, 0.15) is 0 Å². The number of hydrogen-bond donors (Lipinski definition) is 2. The van der Waals surface area contributed by atoms with Crippen molar-refractivity contribution in [1.82, 2.24) is 28.9 Å². The fourth-order valence-electron chi connectivity index (χ4n) is 2.38. The van der Waals surface area contributed by atoms with E-state index in [9.17, 15) is 14.4 Å². The molecule has 0 radical (unpaired) electrons. The lowest BCUT2D eigenvalue weighted by atomic mass is 10.4. The molecule has 3 heterocycles. The molecule has 3 aromatic rings. The number of imidazole rings is 1. The van der Waals surface area contributed by atoms with Gasteiger partial charge < -0.3 is 9.88 Å². The second kappa shape index (κ2) is 5.96. The number of fused-ring (bicyclic) bond motifs is 1. The zero-order valence-electron chi connectivity index (χ0n) is 12.9. The first-order chi connectivity index (χ1) is 11.4. The summed E-state index contributed by atoms with van der Waals surface area (Å²) in [5.41, 5.74) is -0.294. The van der Waals surface area contributed by atoms with Gasteiger partial charge in [-0.1, -0.05) is 11.6 Å². The van der Waals surface area contributed by atoms with Gasteiger partial charge in [-0.05, 0) is 0 Å². The second-order valence-electron chi connectivity index (χ2n) is 5.17. The highest BCUT2D eigenvalue weighted by molar-refractivity contribution is 6.32. The summed E-state index contributed by atoms with van der Waals surface area (Å²) in [4.78, 5) is 39.7. The predicted octanol–water partition coefficient (Wildman–Crippen LogP) is -0.718. The van der Waals surface area contributed by atoms with Gasteiger partial charge in [0.15, 0.2) is 11.2 Å². The molecular weight excluding hydrogens is 338 g/mol. The summed E-state index contributed by atoms with van der Waals surface area (Å²) in [5, 5.41) is 8.88. The first-order valence-corrected chi connectivity index (χ1v) is 7.37. The number of nitrogens with one attached hydrogen (secondary N) is 2. The van der Waals surface area contributed by atoms with Gasteiger partial charge in [-0.15, -0.1) is 0 Å². The van der Waals surface area contributed by atoms with E-state index in [-0.39, 0.29) is 5.02 Å². The number of nitrogens with zero attached hydrogens (tertiary/aromatic N) is 5. The van der Waals surface area contributed by atoms with E-state index in [0.29, 0.717) is 29.9 Å². The summed E-state index contributed by atoms with van der Waals surface area (Å²) in [5.74, 6) is 0. The number of anilines is 1. The molecule has 0 saturated heterocycles. The molecule has 0 amide bonds. The van der Waals surface area contributed by atoms with Crippen LogP contribution in [0.3, 0.4) is 0 Å². The Kier molecular flexibility index (Phi) is 3.97. The molecule has 0 aliphatic heterocycles. The highest BCUT2D eigenvalue weighted by Gasteiger charge is 2.14. The molecule has 2 N–H and O–H groups in total. The smallest absolute Gasteiger partial charge is 0.332 e. The van der Waals surface area contributed by atoms with Crippen LogP contribution in [0.2, 0.25) is 5.02 Å². The van der Waals surface area contributed by atoms with Gasteiger partial charge >= 0.3 is 5.69 Å². The van der Waals surface area contributed by atoms with Crippen LogP contribution in [0.15, 0.2) is 26.9 Å². The molecule has 0 spiro atoms. The number of H-pyrrole nitrogens is 1. The van der Waals surface area contributed by atoms with Crippen LogP contribution in [-0.4, -0.2) is 35.4 Å². The van der Waals surface area contributed by atoms with Crippen LogP contribution in [0.5, 0.6) is 0 Å². The Balaban J connectivity index is 1.89. The number of halogens is 1. The van der Waals surface area contributed by atoms with Gasteiger partial charge in [-0.2, -0.15) is 5.10 Å². The SMILES string of the molecule is Cn1c(=O)c2c(ncn2CCNc2cn[nH]c(=O)c2Cl)n(C)c1=O. The summed E-state index contributed by atoms with van der Waals surface area (Å²) < 4.78 is 3.99. The Morgan fingerprint density at radius 3 is 2.75 bits per heavy atom. The lowest BCUT2D eigenvalue weighted by molar-refractivity contribution is 0.695. The van der Waals surface area contributed by atoms with E-state index in [1.54, 1.807) is 11.6 Å². The minimum Gasteiger partial charge on any atom is -0.381 e. The van der Waals surface area contributed by atoms with E-state index in [4.69, 9.17) is 11.6 Å². The van der Waals surface area contributed by atoms with Gasteiger partial charge in [0, 0.05) is 27.2 Å². The van der Waals surface area contributed by atoms with Crippen molar-refractivity contribution in [3.05, 3.63) is 48.7 Å². The van der Waals surface area contributed by atoms with E-state index in [1.165, 1.54) is 24.1 Å². The molecule has 24 heavy (non-hydrogen) atoms. The number of aromatic nitrogens is 6. The van der Waals surface area contributed by atoms with E-state index < -0.39 is 16.8 Å². The zero-order valence-corrected chi connectivity index (χ0v) is 13.7. The third-order valence-electron chi connectivity index (χ3n) is 3.68. The van der Waals surface area contributed by atoms with Crippen molar-refractivity contribution in [1.29, 1.82) is 0 Å². The Hall–Kier alpha value is -2.88. The molecular formula is C13H14ClN7O3. The predicted molar refractivity (Wildman–Crippen MR) is 88.6 cm³/mol. The zero-order chi connectivity index (χ0) is 17.4. The van der Waals surface area contributed by atoms with Gasteiger partial charge in [0.2, 0.25) is 0 Å². The van der Waals surface area contributed by atoms with Gasteiger partial charge in [-0.25, -0.2) is 14.9 Å². The highest BCUT2D eigenvalue weighted by Crippen LogP contribution is 2.14. The normalized spacial score (nSPS) is 11.1. The van der Waals surface area contributed by atoms with Crippen molar-refractivity contribution in [2.75, 3.05) is 11.9 Å². The second-order valence-corrected chi connectivity index (χ2v) is 5.55. The number of rotatable bonds is 4. The van der Waals surface area contributed by atoms with Gasteiger partial charge in [0.05, 0.1) is 18.2 Å². The van der Waals surface area contributed by atoms with Crippen molar-refractivity contribution in [3.8, 4) is 0 Å². The van der Waals surface area contributed by atoms with Crippen molar-refractivity contribution in [2.24, 2.45) is 14.1 Å². The maximum atomic E-state index is 12.3. The van der Waals surface area contributed by atoms with Crippen molar-refractivity contribution >= 4 is 28.5 Å². The third-order valence-corrected chi connectivity index (χ3v) is 4.06. The molecule has 3 rings (SSSR count). The molecule has 0 fully saturated rings. The molecule has 0 atom stereocenters. The van der Waals surface area contributed by atoms with E-state index in [1.807, 2.05) is 0 Å². The number of hydrogen-bond acceptors (Lipinski definition) is 6. The summed E-state index contributed by atoms with van der Waals surface area (Å²) in [6.07, 6.45) is 2.89. The van der Waals surface area contributed by atoms with Crippen molar-refractivity contribution in [2.45, 2.75) is 6.54 Å². The van der Waals surface area contributed by atoms with Crippen LogP contribution < -0.4 is 22.1 Å². The largest absolute Gasteiger partial charge is 0.381 e. The van der Waals surface area contributed by atoms with Crippen LogP contribution in [0, 0.1) is 0 Å². The fraction of sp³-hybridized carbons (Fsp3) is 0.308. The molecule has 10 nitrogen and oxygen atoms in total. The molecule has 0 bridgehead atoms. The molecule has 0 unspecified atom stereocenters. The first kappa shape index (κ1) is 16.0. The standard InChI is InChI=1S/C13H14ClN7O3/c1-19-10-9(12(23)20(2)13(19)24)21(6-16-10)4-3-15-7-5-17-18-11(22)8(7)14/h5-6H,3-4H2,1-2H3,(H2,15,18,22). The minimum absolute atomic E-state index is 0.0128. The summed E-state index contributed by atoms with van der Waals surface area (Å²) in [6, 6.07) is 0. The Morgan fingerprint density at radius 2 is 2.00 bits per heavy atom. The molecule has 11 heteroatoms. The van der Waals surface area contributed by atoms with Crippen LogP contribution in [0.4, 0.5) is 5.69 Å². The van der Waals surface area contributed by atoms with Crippen LogP contribution in [-0.2, 0) is 20.6 Å². The van der Waals surface area contributed by atoms with E-state index in [2.05, 4.69) is 20.5 Å². The number of aryl methyl sites for hydroxylation is 1. The summed E-state index contributed by atoms with van der Waals surface area (Å²) >= 11 is 5.88. The average Bonchev–Trinajstić information content (AvgIpc) is 2.99. The third kappa shape index (κ3) is 2.50. The molecule has 0 aliphatic carbocycles. The van der Waals surface area contributed by atoms with Crippen molar-refractivity contribution < 1.29 is 0 Å². The molecule has 0 saturated carbocycles. The van der Waals surface area contributed by atoms with E-state index >= 15 is 0 Å². The first-order valence-electron chi connectivity index (χ1n) is 6.99. The fourth-order valence-corrected chi connectivity index (χ4v) is 2.54. The molecule has 3 aromatic heterocycles. The average molecular weight is 352 g/mol. The maximum absolute atomic E-state index is 12.3. The van der Waals surface area contributed by atoms with Crippen molar-refractivity contribution in [3.63, 3.8) is 0 Å². The monoisotopic (exact) mass is 351 g/mol. The number of aromatic amines is 1. The molecule has 0 aromatic carbocycles. The van der Waals surface area contributed by atoms with Crippen LogP contribution in [0.25, 0.3) is 11.2 Å². The molecule has 126 valence electrons. The Labute approximate surface area is 139 Å². The minimum atomic E-state index is -0.487. The highest BCUT2D eigenvalue weighted by atomic mass is 35.5. The van der Waals surface area contributed by atoms with Gasteiger partial charge in [-0.3, -0.25) is 18.7 Å². The molecule has 0 aliphatic rings. The lowest BCUT2D eigenvalue weighted by Crippen LogP contribution is -2.37. The lowest BCUT2D eigenvalue weighted by Gasteiger charge is -2.09. The maximum Gasteiger partial charge on any atom is 0.332 e. The van der Waals surface area contributed by atoms with Crippen LogP contribution >= 0.6 is 11.6 Å². The van der Waals surface area contributed by atoms with E-state index in [0.717, 1.165) is 4.57 Å². The summed E-state index contributed by atoms with van der Waals surface area (Å²) in [6.45, 7) is 0.759. The topological polar surface area (TPSA) is 120 Å². The Bertz CT molecular complexity index is 1090. The Morgan fingerprint density at radius 1 is 1.25 bits per heavy atom.